The summed E-state index contributed by atoms with van der Waals surface area (Å²) in [6.45, 7) is 17.1. The predicted octanol–water partition coefficient (Wildman–Crippen LogP) is 7.39. The summed E-state index contributed by atoms with van der Waals surface area (Å²) >= 11 is 0. The smallest absolute Gasteiger partial charge is 0.449 e. The second-order valence-electron chi connectivity index (χ2n) is 17.5. The average molecular weight is 716 g/mol. The van der Waals surface area contributed by atoms with E-state index >= 15 is 0 Å². The number of carbonyl (C=O) groups excluding carboxylic acids is 3. The molecule has 4 aliphatic carbocycles. The quantitative estimate of drug-likeness (QED) is 0.146. The Kier molecular flexibility index (Phi) is 11.0. The van der Waals surface area contributed by atoms with E-state index < -0.39 is 42.5 Å². The molecule has 0 aromatic heterocycles. The topological polar surface area (TPSA) is 124 Å². The number of ether oxygens (including phenoxy) is 2. The summed E-state index contributed by atoms with van der Waals surface area (Å²) in [5.74, 6) is 0.489. The SMILES string of the molecule is CC(C)C[C@H](NC(=O)[C@H](CCCCNC(=O)OC(C)(C)C)NC(=O)OCC1c2ccccc2-c2ccccc21)B1O[C@@H]2C[C@@H]3C[C@@H](C3(C)C)[C@]2(C)O1. The molecule has 0 radical (unpaired) electrons. The van der Waals surface area contributed by atoms with Gasteiger partial charge in [0.2, 0.25) is 5.91 Å². The van der Waals surface area contributed by atoms with E-state index in [1.807, 2.05) is 45.0 Å². The Morgan fingerprint density at radius 3 is 2.19 bits per heavy atom. The van der Waals surface area contributed by atoms with Gasteiger partial charge in [0, 0.05) is 12.5 Å². The molecule has 10 nitrogen and oxygen atoms in total. The van der Waals surface area contributed by atoms with Gasteiger partial charge in [-0.2, -0.15) is 0 Å². The molecular formula is C41H58BN3O7. The summed E-state index contributed by atoms with van der Waals surface area (Å²) in [6.07, 6.45) is 3.14. The third kappa shape index (κ3) is 8.00. The number of hydrogen-bond donors (Lipinski definition) is 3. The van der Waals surface area contributed by atoms with E-state index in [1.165, 1.54) is 0 Å². The molecule has 11 heteroatoms. The van der Waals surface area contributed by atoms with Crippen LogP contribution in [0.2, 0.25) is 0 Å². The Hall–Kier alpha value is -3.57. The van der Waals surface area contributed by atoms with Crippen LogP contribution in [-0.4, -0.2) is 67.7 Å². The highest BCUT2D eigenvalue weighted by molar-refractivity contribution is 6.48. The highest BCUT2D eigenvalue weighted by Gasteiger charge is 2.68. The molecule has 6 atom stereocenters. The minimum atomic E-state index is -0.863. The van der Waals surface area contributed by atoms with Gasteiger partial charge in [0.1, 0.15) is 18.2 Å². The molecule has 1 heterocycles. The number of unbranched alkanes of at least 4 members (excludes halogenated alkanes) is 1. The Bertz CT molecular complexity index is 1580. The van der Waals surface area contributed by atoms with Gasteiger partial charge in [-0.3, -0.25) is 4.79 Å². The molecule has 0 unspecified atom stereocenters. The van der Waals surface area contributed by atoms with Gasteiger partial charge in [-0.15, -0.1) is 0 Å². The van der Waals surface area contributed by atoms with Crippen molar-refractivity contribution >= 4 is 25.2 Å². The lowest BCUT2D eigenvalue weighted by Crippen LogP contribution is -2.65. The van der Waals surface area contributed by atoms with E-state index in [4.69, 9.17) is 18.8 Å². The molecule has 4 fully saturated rings. The van der Waals surface area contributed by atoms with Gasteiger partial charge < -0.3 is 34.7 Å². The number of rotatable bonds is 13. The van der Waals surface area contributed by atoms with Crippen molar-refractivity contribution in [3.05, 3.63) is 59.7 Å². The second-order valence-corrected chi connectivity index (χ2v) is 17.5. The summed E-state index contributed by atoms with van der Waals surface area (Å²) in [4.78, 5) is 39.7. The van der Waals surface area contributed by atoms with Gasteiger partial charge in [0.05, 0.1) is 17.6 Å². The first-order valence-corrected chi connectivity index (χ1v) is 19.3. The number of amides is 3. The van der Waals surface area contributed by atoms with E-state index in [0.717, 1.165) is 35.1 Å². The maximum atomic E-state index is 14.1. The molecule has 2 bridgehead atoms. The number of benzene rings is 2. The molecule has 0 spiro atoms. The Morgan fingerprint density at radius 2 is 1.58 bits per heavy atom. The van der Waals surface area contributed by atoms with Crippen LogP contribution < -0.4 is 16.0 Å². The van der Waals surface area contributed by atoms with Crippen molar-refractivity contribution in [2.45, 2.75) is 129 Å². The van der Waals surface area contributed by atoms with Gasteiger partial charge in [0.25, 0.3) is 0 Å². The van der Waals surface area contributed by atoms with E-state index in [1.54, 1.807) is 0 Å². The normalized spacial score (nSPS) is 25.2. The van der Waals surface area contributed by atoms with Crippen LogP contribution in [0.25, 0.3) is 11.1 Å². The summed E-state index contributed by atoms with van der Waals surface area (Å²) in [6, 6.07) is 15.5. The van der Waals surface area contributed by atoms with Crippen molar-refractivity contribution in [2.24, 2.45) is 23.2 Å². The van der Waals surface area contributed by atoms with Gasteiger partial charge in [-0.25, -0.2) is 9.59 Å². The average Bonchev–Trinajstić information content (AvgIpc) is 3.60. The summed E-state index contributed by atoms with van der Waals surface area (Å²) in [7, 11) is -0.579. The van der Waals surface area contributed by atoms with Crippen LogP contribution in [0.4, 0.5) is 9.59 Å². The van der Waals surface area contributed by atoms with E-state index in [-0.39, 0.29) is 35.9 Å². The minimum Gasteiger partial charge on any atom is -0.449 e. The van der Waals surface area contributed by atoms with E-state index in [9.17, 15) is 14.4 Å². The molecule has 3 amide bonds. The summed E-state index contributed by atoms with van der Waals surface area (Å²) < 4.78 is 24.6. The summed E-state index contributed by atoms with van der Waals surface area (Å²) in [5.41, 5.74) is 3.74. The number of nitrogens with one attached hydrogen (secondary N) is 3. The second kappa shape index (κ2) is 15.1. The van der Waals surface area contributed by atoms with Crippen molar-refractivity contribution in [3.63, 3.8) is 0 Å². The third-order valence-corrected chi connectivity index (χ3v) is 11.9. The van der Waals surface area contributed by atoms with Crippen LogP contribution in [0.5, 0.6) is 0 Å². The maximum Gasteiger partial charge on any atom is 0.481 e. The standard InChI is InChI=1S/C41H58BN3O7/c1-25(2)21-35(42-51-34-23-26-22-33(40(26,6)7)41(34,8)52-42)45-36(46)32(19-13-14-20-43-37(47)50-39(3,4)5)44-38(48)49-24-31-29-17-11-9-15-27(29)28-16-10-12-18-30(28)31/h9-12,15-18,25-26,31-35H,13-14,19-24H2,1-8H3,(H,43,47)(H,44,48)(H,45,46)/t26-,32-,33-,34+,35-,41-/m0/s1. The van der Waals surface area contributed by atoms with Crippen molar-refractivity contribution < 1.29 is 33.2 Å². The fourth-order valence-electron chi connectivity index (χ4n) is 9.13. The maximum absolute atomic E-state index is 14.1. The van der Waals surface area contributed by atoms with Crippen LogP contribution in [0, 0.1) is 23.2 Å². The van der Waals surface area contributed by atoms with Gasteiger partial charge in [-0.05, 0) is 112 Å². The molecule has 7 rings (SSSR count). The van der Waals surface area contributed by atoms with Crippen molar-refractivity contribution in [1.82, 2.24) is 16.0 Å². The van der Waals surface area contributed by atoms with Crippen LogP contribution >= 0.6 is 0 Å². The lowest BCUT2D eigenvalue weighted by molar-refractivity contribution is -0.199. The first-order chi connectivity index (χ1) is 24.6. The number of alkyl carbamates (subject to hydrolysis) is 2. The molecule has 3 N–H and O–H groups in total. The van der Waals surface area contributed by atoms with Crippen LogP contribution in [0.1, 0.15) is 111 Å². The lowest BCUT2D eigenvalue weighted by atomic mass is 9.43. The van der Waals surface area contributed by atoms with Gasteiger partial charge in [0.15, 0.2) is 0 Å². The fraction of sp³-hybridized carbons (Fsp3) is 0.634. The van der Waals surface area contributed by atoms with Gasteiger partial charge >= 0.3 is 19.3 Å². The van der Waals surface area contributed by atoms with Crippen LogP contribution in [0.3, 0.4) is 0 Å². The zero-order valence-corrected chi connectivity index (χ0v) is 32.3. The zero-order valence-electron chi connectivity index (χ0n) is 32.3. The number of fused-ring (bicyclic) bond motifs is 3. The zero-order chi connectivity index (χ0) is 37.4. The lowest BCUT2D eigenvalue weighted by Gasteiger charge is -2.64. The molecule has 52 heavy (non-hydrogen) atoms. The molecule has 1 aliphatic heterocycles. The van der Waals surface area contributed by atoms with Crippen LogP contribution in [0.15, 0.2) is 48.5 Å². The monoisotopic (exact) mass is 715 g/mol. The molecule has 2 aromatic carbocycles. The molecule has 1 saturated heterocycles. The highest BCUT2D eigenvalue weighted by Crippen LogP contribution is 2.65. The first-order valence-electron chi connectivity index (χ1n) is 19.3. The summed E-state index contributed by atoms with van der Waals surface area (Å²) in [5, 5.41) is 8.89. The molecule has 5 aliphatic rings. The Labute approximate surface area is 310 Å². The first kappa shape index (κ1) is 38.2. The molecule has 2 aromatic rings. The molecule has 3 saturated carbocycles. The predicted molar refractivity (Wildman–Crippen MR) is 202 cm³/mol. The van der Waals surface area contributed by atoms with E-state index in [0.29, 0.717) is 44.1 Å². The van der Waals surface area contributed by atoms with Gasteiger partial charge in [-0.1, -0.05) is 76.2 Å². The van der Waals surface area contributed by atoms with Crippen LogP contribution in [-0.2, 0) is 23.6 Å². The largest absolute Gasteiger partial charge is 0.481 e. The molecule has 282 valence electrons. The van der Waals surface area contributed by atoms with Crippen molar-refractivity contribution in [2.75, 3.05) is 13.2 Å². The molecular weight excluding hydrogens is 657 g/mol. The Balaban J connectivity index is 1.11. The number of carbonyl (C=O) groups is 3. The van der Waals surface area contributed by atoms with Crippen molar-refractivity contribution in [3.8, 4) is 11.1 Å². The number of hydrogen-bond acceptors (Lipinski definition) is 7. The highest BCUT2D eigenvalue weighted by atomic mass is 16.7. The fourth-order valence-corrected chi connectivity index (χ4v) is 9.13. The van der Waals surface area contributed by atoms with E-state index in [2.05, 4.69) is 74.8 Å². The Morgan fingerprint density at radius 1 is 0.923 bits per heavy atom. The minimum absolute atomic E-state index is 0.00643. The van der Waals surface area contributed by atoms with Crippen molar-refractivity contribution in [1.29, 1.82) is 0 Å². The third-order valence-electron chi connectivity index (χ3n) is 11.9.